The molecular formula is C11H18O. The molecule has 0 aliphatic heterocycles. The smallest absolute Gasteiger partial charge is 0.0574 e. The molecule has 0 bridgehead atoms. The van der Waals surface area contributed by atoms with Crippen molar-refractivity contribution < 1.29 is 5.11 Å². The second-order valence-corrected chi connectivity index (χ2v) is 2.73. The molecule has 0 saturated heterocycles. The van der Waals surface area contributed by atoms with Crippen LogP contribution in [0.1, 0.15) is 26.2 Å². The lowest BCUT2D eigenvalue weighted by Gasteiger charge is -2.03. The first-order valence-electron chi connectivity index (χ1n) is 4.43. The number of hydrogen-bond acceptors (Lipinski definition) is 1. The van der Waals surface area contributed by atoms with Gasteiger partial charge in [-0.3, -0.25) is 0 Å². The SMILES string of the molecule is C=CC=CC=CCC(O)CCC. The lowest BCUT2D eigenvalue weighted by atomic mass is 10.1. The average Bonchev–Trinajstić information content (AvgIpc) is 2.05. The Bertz CT molecular complexity index is 156. The molecular weight excluding hydrogens is 148 g/mol. The Morgan fingerprint density at radius 3 is 2.67 bits per heavy atom. The van der Waals surface area contributed by atoms with Crippen LogP contribution < -0.4 is 0 Å². The molecule has 1 N–H and O–H groups in total. The van der Waals surface area contributed by atoms with Gasteiger partial charge in [0, 0.05) is 0 Å². The second-order valence-electron chi connectivity index (χ2n) is 2.73. The van der Waals surface area contributed by atoms with Gasteiger partial charge in [-0.2, -0.15) is 0 Å². The summed E-state index contributed by atoms with van der Waals surface area (Å²) in [5.41, 5.74) is 0. The molecule has 0 aromatic carbocycles. The summed E-state index contributed by atoms with van der Waals surface area (Å²) in [6, 6.07) is 0. The highest BCUT2D eigenvalue weighted by Crippen LogP contribution is 2.01. The zero-order chi connectivity index (χ0) is 9.23. The molecule has 0 aliphatic carbocycles. The summed E-state index contributed by atoms with van der Waals surface area (Å²) in [5, 5.41) is 9.31. The van der Waals surface area contributed by atoms with Crippen LogP contribution in [0, 0.1) is 0 Å². The van der Waals surface area contributed by atoms with E-state index in [-0.39, 0.29) is 6.10 Å². The van der Waals surface area contributed by atoms with Gasteiger partial charge in [0.05, 0.1) is 6.10 Å². The lowest BCUT2D eigenvalue weighted by Crippen LogP contribution is -2.02. The first kappa shape index (κ1) is 11.2. The van der Waals surface area contributed by atoms with Gasteiger partial charge in [-0.1, -0.05) is 50.3 Å². The van der Waals surface area contributed by atoms with E-state index in [9.17, 15) is 5.11 Å². The Hall–Kier alpha value is -0.820. The van der Waals surface area contributed by atoms with Crippen molar-refractivity contribution in [2.75, 3.05) is 0 Å². The number of aliphatic hydroxyl groups is 1. The molecule has 0 saturated carbocycles. The normalized spacial score (nSPS) is 14.2. The first-order valence-corrected chi connectivity index (χ1v) is 4.43. The Morgan fingerprint density at radius 1 is 1.33 bits per heavy atom. The van der Waals surface area contributed by atoms with E-state index in [0.717, 1.165) is 19.3 Å². The maximum atomic E-state index is 9.31. The van der Waals surface area contributed by atoms with Gasteiger partial charge in [-0.05, 0) is 12.8 Å². The molecule has 12 heavy (non-hydrogen) atoms. The second kappa shape index (κ2) is 8.28. The Labute approximate surface area is 75.1 Å². The summed E-state index contributed by atoms with van der Waals surface area (Å²) in [7, 11) is 0. The summed E-state index contributed by atoms with van der Waals surface area (Å²) in [4.78, 5) is 0. The minimum absolute atomic E-state index is 0.177. The zero-order valence-corrected chi connectivity index (χ0v) is 7.74. The minimum Gasteiger partial charge on any atom is -0.393 e. The van der Waals surface area contributed by atoms with Gasteiger partial charge in [0.25, 0.3) is 0 Å². The van der Waals surface area contributed by atoms with Crippen molar-refractivity contribution in [2.45, 2.75) is 32.3 Å². The van der Waals surface area contributed by atoms with E-state index in [1.807, 2.05) is 24.3 Å². The summed E-state index contributed by atoms with van der Waals surface area (Å²) < 4.78 is 0. The van der Waals surface area contributed by atoms with Gasteiger partial charge < -0.3 is 5.11 Å². The Morgan fingerprint density at radius 2 is 2.08 bits per heavy atom. The van der Waals surface area contributed by atoms with Gasteiger partial charge in [0.1, 0.15) is 0 Å². The molecule has 1 nitrogen and oxygen atoms in total. The number of rotatable bonds is 6. The van der Waals surface area contributed by atoms with E-state index in [1.54, 1.807) is 6.08 Å². The fourth-order valence-corrected chi connectivity index (χ4v) is 0.908. The fourth-order valence-electron chi connectivity index (χ4n) is 0.908. The molecule has 0 radical (unpaired) electrons. The van der Waals surface area contributed by atoms with E-state index in [2.05, 4.69) is 13.5 Å². The third-order valence-electron chi connectivity index (χ3n) is 1.52. The van der Waals surface area contributed by atoms with Crippen molar-refractivity contribution in [3.05, 3.63) is 37.0 Å². The van der Waals surface area contributed by atoms with Gasteiger partial charge >= 0.3 is 0 Å². The van der Waals surface area contributed by atoms with Crippen LogP contribution >= 0.6 is 0 Å². The molecule has 0 rings (SSSR count). The number of hydrogen-bond donors (Lipinski definition) is 1. The van der Waals surface area contributed by atoms with Crippen molar-refractivity contribution in [1.82, 2.24) is 0 Å². The van der Waals surface area contributed by atoms with Crippen molar-refractivity contribution >= 4 is 0 Å². The van der Waals surface area contributed by atoms with Crippen LogP contribution in [0.3, 0.4) is 0 Å². The van der Waals surface area contributed by atoms with E-state index in [1.165, 1.54) is 0 Å². The first-order chi connectivity index (χ1) is 5.81. The fraction of sp³-hybridized carbons (Fsp3) is 0.455. The summed E-state index contributed by atoms with van der Waals surface area (Å²) in [6.45, 7) is 5.63. The van der Waals surface area contributed by atoms with Crippen LogP contribution in [0.2, 0.25) is 0 Å². The third-order valence-corrected chi connectivity index (χ3v) is 1.52. The van der Waals surface area contributed by atoms with Gasteiger partial charge in [-0.15, -0.1) is 0 Å². The molecule has 68 valence electrons. The predicted molar refractivity (Wildman–Crippen MR) is 54.0 cm³/mol. The van der Waals surface area contributed by atoms with Crippen molar-refractivity contribution in [3.8, 4) is 0 Å². The average molecular weight is 166 g/mol. The highest BCUT2D eigenvalue weighted by Gasteiger charge is 1.96. The van der Waals surface area contributed by atoms with Crippen LogP contribution in [0.5, 0.6) is 0 Å². The lowest BCUT2D eigenvalue weighted by molar-refractivity contribution is 0.167. The highest BCUT2D eigenvalue weighted by atomic mass is 16.3. The van der Waals surface area contributed by atoms with Gasteiger partial charge in [0.2, 0.25) is 0 Å². The third kappa shape index (κ3) is 7.29. The Balaban J connectivity index is 3.45. The number of allylic oxidation sites excluding steroid dienone is 4. The molecule has 1 heteroatoms. The largest absolute Gasteiger partial charge is 0.393 e. The molecule has 1 atom stereocenters. The molecule has 0 aromatic heterocycles. The molecule has 1 unspecified atom stereocenters. The summed E-state index contributed by atoms with van der Waals surface area (Å²) >= 11 is 0. The standard InChI is InChI=1S/C11H18O/c1-3-5-6-7-8-10-11(12)9-4-2/h3,5-8,11-12H,1,4,9-10H2,2H3. The van der Waals surface area contributed by atoms with Crippen LogP contribution in [0.15, 0.2) is 37.0 Å². The van der Waals surface area contributed by atoms with Crippen molar-refractivity contribution in [3.63, 3.8) is 0 Å². The van der Waals surface area contributed by atoms with Crippen LogP contribution in [-0.2, 0) is 0 Å². The molecule has 0 amide bonds. The van der Waals surface area contributed by atoms with Gasteiger partial charge in [0.15, 0.2) is 0 Å². The monoisotopic (exact) mass is 166 g/mol. The van der Waals surface area contributed by atoms with E-state index < -0.39 is 0 Å². The quantitative estimate of drug-likeness (QED) is 0.601. The minimum atomic E-state index is -0.177. The van der Waals surface area contributed by atoms with E-state index >= 15 is 0 Å². The molecule has 0 heterocycles. The topological polar surface area (TPSA) is 20.2 Å². The summed E-state index contributed by atoms with van der Waals surface area (Å²) in [6.07, 6.45) is 11.9. The maximum Gasteiger partial charge on any atom is 0.0574 e. The molecule has 0 fully saturated rings. The predicted octanol–water partition coefficient (Wildman–Crippen LogP) is 2.84. The van der Waals surface area contributed by atoms with Crippen molar-refractivity contribution in [2.24, 2.45) is 0 Å². The van der Waals surface area contributed by atoms with Crippen LogP contribution in [0.25, 0.3) is 0 Å². The van der Waals surface area contributed by atoms with Gasteiger partial charge in [-0.25, -0.2) is 0 Å². The summed E-state index contributed by atoms with van der Waals surface area (Å²) in [5.74, 6) is 0. The zero-order valence-electron chi connectivity index (χ0n) is 7.74. The molecule has 0 aliphatic rings. The van der Waals surface area contributed by atoms with E-state index in [4.69, 9.17) is 0 Å². The molecule has 0 aromatic rings. The maximum absolute atomic E-state index is 9.31. The van der Waals surface area contributed by atoms with E-state index in [0.29, 0.717) is 0 Å². The molecule has 0 spiro atoms. The number of aliphatic hydroxyl groups excluding tert-OH is 1. The Kier molecular flexibility index (Phi) is 7.71. The van der Waals surface area contributed by atoms with Crippen molar-refractivity contribution in [1.29, 1.82) is 0 Å². The highest BCUT2D eigenvalue weighted by molar-refractivity contribution is 5.08. The van der Waals surface area contributed by atoms with Crippen LogP contribution in [-0.4, -0.2) is 11.2 Å². The van der Waals surface area contributed by atoms with Crippen LogP contribution in [0.4, 0.5) is 0 Å².